The van der Waals surface area contributed by atoms with Crippen LogP contribution in [0.3, 0.4) is 0 Å². The lowest BCUT2D eigenvalue weighted by Crippen LogP contribution is -2.58. The van der Waals surface area contributed by atoms with Crippen molar-refractivity contribution < 1.29 is 9.47 Å². The van der Waals surface area contributed by atoms with Crippen LogP contribution in [0.5, 0.6) is 23.0 Å². The summed E-state index contributed by atoms with van der Waals surface area (Å²) in [7, 11) is 0. The second-order valence-electron chi connectivity index (χ2n) is 12.7. The van der Waals surface area contributed by atoms with Gasteiger partial charge in [-0.05, 0) is 57.5 Å². The third kappa shape index (κ3) is 3.85. The third-order valence-electron chi connectivity index (χ3n) is 10.1. The minimum Gasteiger partial charge on any atom is -0.457 e. The second-order valence-corrected chi connectivity index (χ2v) is 12.7. The summed E-state index contributed by atoms with van der Waals surface area (Å²) in [6, 6.07) is 47.5. The molecule has 10 rings (SSSR count). The molecule has 4 aliphatic rings. The van der Waals surface area contributed by atoms with E-state index in [9.17, 15) is 0 Å². The van der Waals surface area contributed by atoms with E-state index in [-0.39, 0.29) is 6.71 Å². The Morgan fingerprint density at radius 2 is 1.02 bits per heavy atom. The molecule has 0 spiro atoms. The van der Waals surface area contributed by atoms with Gasteiger partial charge in [-0.3, -0.25) is 0 Å². The molecular weight excluding hydrogens is 559 g/mol. The molecule has 2 nitrogen and oxygen atoms in total. The number of hydrogen-bond acceptors (Lipinski definition) is 2. The molecule has 2 aliphatic carbocycles. The molecule has 1 fully saturated rings. The summed E-state index contributed by atoms with van der Waals surface area (Å²) < 4.78 is 14.4. The molecule has 2 aliphatic heterocycles. The normalized spacial score (nSPS) is 17.8. The smallest absolute Gasteiger partial charge is 0.260 e. The Bertz CT molecular complexity index is 2240. The first-order valence-corrected chi connectivity index (χ1v) is 16.2. The van der Waals surface area contributed by atoms with Crippen LogP contribution in [-0.4, -0.2) is 6.71 Å². The maximum atomic E-state index is 7.24. The van der Waals surface area contributed by atoms with Crippen LogP contribution in [0.15, 0.2) is 152 Å². The van der Waals surface area contributed by atoms with Crippen LogP contribution in [0.2, 0.25) is 0 Å². The van der Waals surface area contributed by atoms with Gasteiger partial charge in [0.25, 0.3) is 6.71 Å². The molecule has 0 bridgehead atoms. The Morgan fingerprint density at radius 1 is 0.500 bits per heavy atom. The van der Waals surface area contributed by atoms with Crippen molar-refractivity contribution in [2.24, 2.45) is 11.8 Å². The second kappa shape index (κ2) is 9.99. The summed E-state index contributed by atoms with van der Waals surface area (Å²) in [5.74, 6) is 4.87. The Labute approximate surface area is 269 Å². The van der Waals surface area contributed by atoms with Gasteiger partial charge >= 0.3 is 0 Å². The molecule has 0 aromatic heterocycles. The number of para-hydroxylation sites is 2. The van der Waals surface area contributed by atoms with Gasteiger partial charge in [0.05, 0.1) is 0 Å². The quantitative estimate of drug-likeness (QED) is 0.191. The highest BCUT2D eigenvalue weighted by molar-refractivity contribution is 6.98. The van der Waals surface area contributed by atoms with Crippen LogP contribution in [0, 0.1) is 11.8 Å². The van der Waals surface area contributed by atoms with Crippen molar-refractivity contribution in [3.05, 3.63) is 157 Å². The molecule has 2 heterocycles. The largest absolute Gasteiger partial charge is 0.457 e. The maximum Gasteiger partial charge on any atom is 0.260 e. The van der Waals surface area contributed by atoms with Crippen LogP contribution < -0.4 is 25.9 Å². The number of fused-ring (bicyclic) bond motifs is 5. The molecule has 0 N–H and O–H groups in total. The number of rotatable bonds is 4. The molecule has 0 radical (unpaired) electrons. The zero-order chi connectivity index (χ0) is 30.2. The van der Waals surface area contributed by atoms with Gasteiger partial charge in [-0.1, -0.05) is 146 Å². The van der Waals surface area contributed by atoms with Gasteiger partial charge in [0.15, 0.2) is 0 Å². The average Bonchev–Trinajstić information content (AvgIpc) is 3.93. The monoisotopic (exact) mass is 588 g/mol. The van der Waals surface area contributed by atoms with Crippen molar-refractivity contribution >= 4 is 28.7 Å². The highest BCUT2D eigenvalue weighted by atomic mass is 16.5. The van der Waals surface area contributed by atoms with Crippen LogP contribution in [0.1, 0.15) is 12.0 Å². The Morgan fingerprint density at radius 3 is 1.61 bits per heavy atom. The summed E-state index contributed by atoms with van der Waals surface area (Å²) in [6.45, 7) is -0.0537. The first-order valence-electron chi connectivity index (χ1n) is 16.2. The summed E-state index contributed by atoms with van der Waals surface area (Å²) in [5.41, 5.74) is 12.7. The Balaban J connectivity index is 1.30. The van der Waals surface area contributed by atoms with E-state index in [0.717, 1.165) is 61.8 Å². The minimum atomic E-state index is -0.0537. The predicted molar refractivity (Wildman–Crippen MR) is 189 cm³/mol. The van der Waals surface area contributed by atoms with Crippen LogP contribution >= 0.6 is 0 Å². The van der Waals surface area contributed by atoms with Gasteiger partial charge in [0.2, 0.25) is 0 Å². The first-order chi connectivity index (χ1) is 22.8. The lowest BCUT2D eigenvalue weighted by molar-refractivity contribution is 0.466. The Kier molecular flexibility index (Phi) is 5.59. The van der Waals surface area contributed by atoms with E-state index < -0.39 is 0 Å². The lowest BCUT2D eigenvalue weighted by Gasteiger charge is -2.37. The van der Waals surface area contributed by atoms with E-state index in [1.807, 2.05) is 0 Å². The molecule has 6 aromatic rings. The topological polar surface area (TPSA) is 18.5 Å². The SMILES string of the molecule is C1=CC2CC2C(c2cccc3c2Oc2c(-c4ccccc4)cc(-c4ccccc4)c4c2B3c2cccc(-c3ccccc3)c2O4)=C1. The van der Waals surface area contributed by atoms with Gasteiger partial charge in [0, 0.05) is 27.7 Å². The highest BCUT2D eigenvalue weighted by Gasteiger charge is 2.46. The summed E-state index contributed by atoms with van der Waals surface area (Å²) in [5, 5.41) is 0. The highest BCUT2D eigenvalue weighted by Crippen LogP contribution is 2.54. The predicted octanol–water partition coefficient (Wildman–Crippen LogP) is 9.00. The van der Waals surface area contributed by atoms with Crippen molar-refractivity contribution in [2.75, 3.05) is 0 Å². The summed E-state index contributed by atoms with van der Waals surface area (Å²) >= 11 is 0. The fraction of sp³-hybridized carbons (Fsp3) is 0.0698. The summed E-state index contributed by atoms with van der Waals surface area (Å²) in [6.07, 6.45) is 8.10. The fourth-order valence-corrected chi connectivity index (χ4v) is 7.86. The van der Waals surface area contributed by atoms with E-state index in [1.165, 1.54) is 28.5 Å². The Hall–Kier alpha value is -5.54. The molecule has 1 saturated carbocycles. The zero-order valence-electron chi connectivity index (χ0n) is 25.2. The molecule has 2 atom stereocenters. The number of benzene rings is 6. The fourth-order valence-electron chi connectivity index (χ4n) is 7.86. The zero-order valence-corrected chi connectivity index (χ0v) is 25.2. The van der Waals surface area contributed by atoms with Crippen molar-refractivity contribution in [1.82, 2.24) is 0 Å². The van der Waals surface area contributed by atoms with Crippen LogP contribution in [-0.2, 0) is 0 Å². The van der Waals surface area contributed by atoms with Crippen molar-refractivity contribution in [2.45, 2.75) is 6.42 Å². The third-order valence-corrected chi connectivity index (χ3v) is 10.1. The van der Waals surface area contributed by atoms with Crippen LogP contribution in [0.25, 0.3) is 39.0 Å². The average molecular weight is 589 g/mol. The molecule has 216 valence electrons. The van der Waals surface area contributed by atoms with E-state index >= 15 is 0 Å². The van der Waals surface area contributed by atoms with E-state index in [1.54, 1.807) is 0 Å². The van der Waals surface area contributed by atoms with Gasteiger partial charge < -0.3 is 9.47 Å². The number of allylic oxidation sites excluding steroid dienone is 4. The number of ether oxygens (including phenoxy) is 2. The van der Waals surface area contributed by atoms with Crippen molar-refractivity contribution in [3.63, 3.8) is 0 Å². The van der Waals surface area contributed by atoms with Crippen LogP contribution in [0.4, 0.5) is 0 Å². The first kappa shape index (κ1) is 25.8. The summed E-state index contributed by atoms with van der Waals surface area (Å²) in [4.78, 5) is 0. The van der Waals surface area contributed by atoms with E-state index in [0.29, 0.717) is 11.8 Å². The lowest BCUT2D eigenvalue weighted by atomic mass is 9.34. The molecule has 2 unspecified atom stereocenters. The maximum absolute atomic E-state index is 7.24. The van der Waals surface area contributed by atoms with Crippen molar-refractivity contribution in [1.29, 1.82) is 0 Å². The molecule has 0 amide bonds. The van der Waals surface area contributed by atoms with Gasteiger partial charge in [-0.15, -0.1) is 0 Å². The standard InChI is InChI=1S/C43H29BO2/c1-4-13-27(14-5-1)31-20-11-23-37-40(31)45-42-35(28-15-6-2-7-16-28)26-36(29-17-8-3-9-18-29)43-39(42)44(37)38-24-12-22-33(41(38)46-43)32-21-10-19-30-25-34(30)32/h1-24,26,30,34H,25H2. The minimum absolute atomic E-state index is 0.0537. The molecule has 3 heteroatoms. The van der Waals surface area contributed by atoms with Crippen molar-refractivity contribution in [3.8, 4) is 56.4 Å². The molecular formula is C43H29BO2. The van der Waals surface area contributed by atoms with E-state index in [2.05, 4.69) is 152 Å². The molecule has 6 aromatic carbocycles. The molecule has 46 heavy (non-hydrogen) atoms. The van der Waals surface area contributed by atoms with Gasteiger partial charge in [-0.2, -0.15) is 0 Å². The molecule has 0 saturated heterocycles. The van der Waals surface area contributed by atoms with Gasteiger partial charge in [-0.25, -0.2) is 0 Å². The number of hydrogen-bond donors (Lipinski definition) is 0. The van der Waals surface area contributed by atoms with Gasteiger partial charge in [0.1, 0.15) is 23.0 Å². The van der Waals surface area contributed by atoms with E-state index in [4.69, 9.17) is 9.47 Å².